The largest absolute Gasteiger partial charge is 0.333 e. The maximum Gasteiger partial charge on any atom is 0.226 e. The van der Waals surface area contributed by atoms with Crippen molar-refractivity contribution in [3.05, 3.63) is 0 Å². The molecule has 0 bridgehead atoms. The summed E-state index contributed by atoms with van der Waals surface area (Å²) in [5.41, 5.74) is 4.50. The molecule has 0 spiro atoms. The van der Waals surface area contributed by atoms with Gasteiger partial charge in [0.05, 0.1) is 0 Å². The van der Waals surface area contributed by atoms with Gasteiger partial charge in [0.25, 0.3) is 0 Å². The Labute approximate surface area is 71.3 Å². The van der Waals surface area contributed by atoms with Crippen molar-refractivity contribution in [2.45, 2.75) is 19.3 Å². The van der Waals surface area contributed by atoms with Crippen LogP contribution in [0.3, 0.4) is 0 Å². The fraction of sp³-hybridized carbons (Fsp3) is 0.571. The fourth-order valence-corrected chi connectivity index (χ4v) is 0.484. The van der Waals surface area contributed by atoms with Gasteiger partial charge in [-0.15, -0.1) is 0 Å². The molecule has 0 saturated carbocycles. The number of imide groups is 1. The van der Waals surface area contributed by atoms with E-state index in [1.165, 1.54) is 7.05 Å². The SMILES string of the molecule is CN.O=CCCCC(=O)NC=O. The molecule has 0 aliphatic rings. The number of carbonyl (C=O) groups is 3. The van der Waals surface area contributed by atoms with Crippen molar-refractivity contribution in [2.75, 3.05) is 7.05 Å². The van der Waals surface area contributed by atoms with Gasteiger partial charge in [-0.1, -0.05) is 0 Å². The van der Waals surface area contributed by atoms with Gasteiger partial charge in [-0.2, -0.15) is 0 Å². The van der Waals surface area contributed by atoms with Gasteiger partial charge >= 0.3 is 0 Å². The van der Waals surface area contributed by atoms with Crippen LogP contribution < -0.4 is 11.1 Å². The summed E-state index contributed by atoms with van der Waals surface area (Å²) in [4.78, 5) is 29.8. The maximum absolute atomic E-state index is 10.5. The highest BCUT2D eigenvalue weighted by atomic mass is 16.2. The first-order chi connectivity index (χ1) is 5.81. The number of rotatable bonds is 5. The highest BCUT2D eigenvalue weighted by Gasteiger charge is 1.96. The predicted octanol–water partition coefficient (Wildman–Crippen LogP) is -0.797. The number of unbranched alkanes of at least 4 members (excludes halogenated alkanes) is 1. The van der Waals surface area contributed by atoms with E-state index in [-0.39, 0.29) is 12.3 Å². The third-order valence-electron chi connectivity index (χ3n) is 0.946. The molecule has 70 valence electrons. The van der Waals surface area contributed by atoms with E-state index in [1.54, 1.807) is 0 Å². The molecular formula is C7H14N2O3. The third-order valence-corrected chi connectivity index (χ3v) is 0.946. The van der Waals surface area contributed by atoms with Crippen molar-refractivity contribution >= 4 is 18.6 Å². The molecular weight excluding hydrogens is 160 g/mol. The molecule has 0 saturated heterocycles. The number of aldehydes is 1. The molecule has 0 unspecified atom stereocenters. The standard InChI is InChI=1S/C6H9NO3.CH5N/c8-4-2-1-3-6(10)7-5-9;1-2/h4-5H,1-3H2,(H,7,9,10);2H2,1H3. The lowest BCUT2D eigenvalue weighted by Crippen LogP contribution is -2.20. The van der Waals surface area contributed by atoms with Crippen LogP contribution in [0.1, 0.15) is 19.3 Å². The number of nitrogens with two attached hydrogens (primary N) is 1. The van der Waals surface area contributed by atoms with Crippen molar-refractivity contribution in [2.24, 2.45) is 5.73 Å². The molecule has 2 amide bonds. The number of hydrogen-bond acceptors (Lipinski definition) is 4. The summed E-state index contributed by atoms with van der Waals surface area (Å²) < 4.78 is 0. The van der Waals surface area contributed by atoms with Gasteiger partial charge < -0.3 is 10.5 Å². The number of nitrogens with one attached hydrogen (secondary N) is 1. The Balaban J connectivity index is 0. The summed E-state index contributed by atoms with van der Waals surface area (Å²) in [6, 6.07) is 0. The minimum Gasteiger partial charge on any atom is -0.333 e. The summed E-state index contributed by atoms with van der Waals surface area (Å²) in [6.45, 7) is 0. The number of hydrogen-bond donors (Lipinski definition) is 2. The van der Waals surface area contributed by atoms with E-state index in [0.29, 0.717) is 19.3 Å². The van der Waals surface area contributed by atoms with E-state index in [0.717, 1.165) is 6.29 Å². The molecule has 0 aliphatic carbocycles. The van der Waals surface area contributed by atoms with Crippen LogP contribution in [0.15, 0.2) is 0 Å². The van der Waals surface area contributed by atoms with Gasteiger partial charge in [-0.05, 0) is 13.5 Å². The molecule has 0 aromatic heterocycles. The molecule has 0 aliphatic heterocycles. The summed E-state index contributed by atoms with van der Waals surface area (Å²) in [5.74, 6) is -0.336. The van der Waals surface area contributed by atoms with Crippen LogP contribution in [0.4, 0.5) is 0 Å². The second kappa shape index (κ2) is 12.4. The van der Waals surface area contributed by atoms with E-state index in [9.17, 15) is 14.4 Å². The fourth-order valence-electron chi connectivity index (χ4n) is 0.484. The zero-order valence-corrected chi connectivity index (χ0v) is 7.08. The van der Waals surface area contributed by atoms with Crippen molar-refractivity contribution < 1.29 is 14.4 Å². The van der Waals surface area contributed by atoms with Crippen LogP contribution in [-0.2, 0) is 14.4 Å². The average Bonchev–Trinajstić information content (AvgIpc) is 2.09. The smallest absolute Gasteiger partial charge is 0.226 e. The molecule has 5 nitrogen and oxygen atoms in total. The minimum atomic E-state index is -0.336. The van der Waals surface area contributed by atoms with Gasteiger partial charge in [0.2, 0.25) is 12.3 Å². The molecule has 12 heavy (non-hydrogen) atoms. The molecule has 5 heteroatoms. The van der Waals surface area contributed by atoms with Crippen LogP contribution in [0, 0.1) is 0 Å². The Kier molecular flexibility index (Phi) is 13.9. The molecule has 0 aromatic rings. The topological polar surface area (TPSA) is 89.3 Å². The molecule has 0 radical (unpaired) electrons. The van der Waals surface area contributed by atoms with Crippen molar-refractivity contribution in [3.63, 3.8) is 0 Å². The van der Waals surface area contributed by atoms with E-state index in [4.69, 9.17) is 0 Å². The zero-order chi connectivity index (χ0) is 9.82. The van der Waals surface area contributed by atoms with Gasteiger partial charge in [0, 0.05) is 12.8 Å². The summed E-state index contributed by atoms with van der Waals surface area (Å²) in [7, 11) is 1.50. The quantitative estimate of drug-likeness (QED) is 0.422. The first-order valence-electron chi connectivity index (χ1n) is 3.55. The minimum absolute atomic E-state index is 0.234. The number of carbonyl (C=O) groups excluding carboxylic acids is 3. The Morgan fingerprint density at radius 3 is 2.42 bits per heavy atom. The highest BCUT2D eigenvalue weighted by molar-refractivity contribution is 5.85. The van der Waals surface area contributed by atoms with Crippen LogP contribution in [0.2, 0.25) is 0 Å². The third kappa shape index (κ3) is 11.6. The van der Waals surface area contributed by atoms with Crippen molar-refractivity contribution in [3.8, 4) is 0 Å². The lowest BCUT2D eigenvalue weighted by Gasteiger charge is -1.92. The van der Waals surface area contributed by atoms with E-state index >= 15 is 0 Å². The van der Waals surface area contributed by atoms with Gasteiger partial charge in [0.1, 0.15) is 6.29 Å². The molecule has 0 heterocycles. The molecule has 0 rings (SSSR count). The van der Waals surface area contributed by atoms with Crippen LogP contribution in [0.25, 0.3) is 0 Å². The van der Waals surface area contributed by atoms with Gasteiger partial charge in [0.15, 0.2) is 0 Å². The number of amides is 2. The average molecular weight is 174 g/mol. The lowest BCUT2D eigenvalue weighted by molar-refractivity contribution is -0.125. The predicted molar refractivity (Wildman–Crippen MR) is 44.2 cm³/mol. The second-order valence-electron chi connectivity index (χ2n) is 1.74. The Morgan fingerprint density at radius 1 is 1.42 bits per heavy atom. The molecule has 0 atom stereocenters. The zero-order valence-electron chi connectivity index (χ0n) is 7.08. The van der Waals surface area contributed by atoms with Gasteiger partial charge in [-0.3, -0.25) is 14.9 Å². The van der Waals surface area contributed by atoms with Crippen LogP contribution in [-0.4, -0.2) is 25.7 Å². The van der Waals surface area contributed by atoms with Gasteiger partial charge in [-0.25, -0.2) is 0 Å². The lowest BCUT2D eigenvalue weighted by atomic mass is 10.2. The van der Waals surface area contributed by atoms with Crippen LogP contribution in [0.5, 0.6) is 0 Å². The summed E-state index contributed by atoms with van der Waals surface area (Å²) in [6.07, 6.45) is 2.18. The van der Waals surface area contributed by atoms with Crippen molar-refractivity contribution in [1.82, 2.24) is 5.32 Å². The summed E-state index contributed by atoms with van der Waals surface area (Å²) in [5, 5.41) is 1.97. The van der Waals surface area contributed by atoms with Crippen molar-refractivity contribution in [1.29, 1.82) is 0 Å². The first kappa shape index (κ1) is 13.4. The molecule has 0 aromatic carbocycles. The normalized spacial score (nSPS) is 7.50. The van der Waals surface area contributed by atoms with Crippen LogP contribution >= 0.6 is 0 Å². The Morgan fingerprint density at radius 2 is 2.00 bits per heavy atom. The Bertz CT molecular complexity index is 137. The first-order valence-corrected chi connectivity index (χ1v) is 3.55. The Hall–Kier alpha value is -1.23. The molecule has 0 fully saturated rings. The van der Waals surface area contributed by atoms with E-state index in [1.807, 2.05) is 5.32 Å². The van der Waals surface area contributed by atoms with E-state index < -0.39 is 0 Å². The maximum atomic E-state index is 10.5. The highest BCUT2D eigenvalue weighted by Crippen LogP contribution is 1.90. The summed E-state index contributed by atoms with van der Waals surface area (Å²) >= 11 is 0. The van der Waals surface area contributed by atoms with E-state index in [2.05, 4.69) is 5.73 Å². The molecule has 3 N–H and O–H groups in total. The second-order valence-corrected chi connectivity index (χ2v) is 1.74. The monoisotopic (exact) mass is 174 g/mol.